The molecule has 0 aromatic rings. The van der Waals surface area contributed by atoms with E-state index in [0.29, 0.717) is 25.8 Å². The van der Waals surface area contributed by atoms with Gasteiger partial charge in [-0.1, -0.05) is 72.1 Å². The van der Waals surface area contributed by atoms with Crippen molar-refractivity contribution in [2.24, 2.45) is 5.92 Å². The van der Waals surface area contributed by atoms with Crippen LogP contribution in [0.2, 0.25) is 0 Å². The van der Waals surface area contributed by atoms with Gasteiger partial charge in [-0.2, -0.15) is 0 Å². The van der Waals surface area contributed by atoms with Crippen molar-refractivity contribution in [2.45, 2.75) is 142 Å². The van der Waals surface area contributed by atoms with Crippen LogP contribution >= 0.6 is 0 Å². The van der Waals surface area contributed by atoms with E-state index in [0.717, 1.165) is 19.3 Å². The number of hydrogen-bond acceptors (Lipinski definition) is 5. The standard InChI is InChI=1S/C29H52N4O6/c1-6-7-8-9-10-11-12-13-14-17-25(34)30-21(4)26(35)31-22(5)28(37)33-18-15-16-24(33)27(36)32-23(29(38)39)19-20(2)3/h20-24H,6-19H2,1-5H3,(H,30,34)(H,31,35)(H,32,36)(H,38,39)/t21-,22-,23-,24-/m0/s1. The second-order valence-electron chi connectivity index (χ2n) is 11.3. The zero-order valence-electron chi connectivity index (χ0n) is 24.7. The van der Waals surface area contributed by atoms with Crippen molar-refractivity contribution in [3.05, 3.63) is 0 Å². The van der Waals surface area contributed by atoms with Crippen LogP contribution in [-0.2, 0) is 24.0 Å². The van der Waals surface area contributed by atoms with E-state index in [9.17, 15) is 29.1 Å². The van der Waals surface area contributed by atoms with Gasteiger partial charge in [0.1, 0.15) is 24.2 Å². The Morgan fingerprint density at radius 3 is 1.97 bits per heavy atom. The molecule has 0 spiro atoms. The molecule has 0 aromatic heterocycles. The van der Waals surface area contributed by atoms with Gasteiger partial charge in [0.15, 0.2) is 0 Å². The van der Waals surface area contributed by atoms with E-state index < -0.39 is 47.9 Å². The molecule has 1 fully saturated rings. The van der Waals surface area contributed by atoms with E-state index in [1.807, 2.05) is 13.8 Å². The Balaban J connectivity index is 2.45. The summed E-state index contributed by atoms with van der Waals surface area (Å²) in [5, 5.41) is 17.3. The minimum atomic E-state index is -1.11. The van der Waals surface area contributed by atoms with Crippen LogP contribution in [-0.4, -0.2) is 70.3 Å². The number of carbonyl (C=O) groups excluding carboxylic acids is 4. The van der Waals surface area contributed by atoms with Gasteiger partial charge in [0, 0.05) is 13.0 Å². The molecule has 0 unspecified atom stereocenters. The summed E-state index contributed by atoms with van der Waals surface area (Å²) in [5.41, 5.74) is 0. The molecular weight excluding hydrogens is 500 g/mol. The number of aliphatic carboxylic acids is 1. The van der Waals surface area contributed by atoms with E-state index >= 15 is 0 Å². The van der Waals surface area contributed by atoms with E-state index in [4.69, 9.17) is 0 Å². The largest absolute Gasteiger partial charge is 0.480 e. The van der Waals surface area contributed by atoms with Gasteiger partial charge in [0.2, 0.25) is 23.6 Å². The van der Waals surface area contributed by atoms with Gasteiger partial charge in [-0.3, -0.25) is 19.2 Å². The number of carboxylic acids is 1. The summed E-state index contributed by atoms with van der Waals surface area (Å²) in [5.74, 6) is -2.60. The summed E-state index contributed by atoms with van der Waals surface area (Å²) < 4.78 is 0. The van der Waals surface area contributed by atoms with E-state index in [2.05, 4.69) is 22.9 Å². The molecule has 1 aliphatic heterocycles. The van der Waals surface area contributed by atoms with Gasteiger partial charge in [0.25, 0.3) is 0 Å². The third-order valence-corrected chi connectivity index (χ3v) is 7.17. The lowest BCUT2D eigenvalue weighted by atomic mass is 10.0. The number of nitrogens with one attached hydrogen (secondary N) is 3. The first-order chi connectivity index (χ1) is 18.5. The fourth-order valence-corrected chi connectivity index (χ4v) is 4.89. The number of amides is 4. The lowest BCUT2D eigenvalue weighted by Crippen LogP contribution is -2.56. The van der Waals surface area contributed by atoms with Crippen LogP contribution in [0, 0.1) is 5.92 Å². The number of hydrogen-bond donors (Lipinski definition) is 4. The molecule has 0 aliphatic carbocycles. The molecule has 10 nitrogen and oxygen atoms in total. The summed E-state index contributed by atoms with van der Waals surface area (Å²) in [4.78, 5) is 63.7. The molecule has 1 heterocycles. The summed E-state index contributed by atoms with van der Waals surface area (Å²) >= 11 is 0. The fourth-order valence-electron chi connectivity index (χ4n) is 4.89. The first kappa shape index (κ1) is 34.4. The minimum absolute atomic E-state index is 0.0792. The Morgan fingerprint density at radius 2 is 1.41 bits per heavy atom. The van der Waals surface area contributed by atoms with E-state index in [-0.39, 0.29) is 18.2 Å². The molecular formula is C29H52N4O6. The van der Waals surface area contributed by atoms with E-state index in [1.165, 1.54) is 43.4 Å². The predicted octanol–water partition coefficient (Wildman–Crippen LogP) is 3.52. The number of carbonyl (C=O) groups is 5. The topological polar surface area (TPSA) is 145 Å². The molecule has 39 heavy (non-hydrogen) atoms. The molecule has 4 N–H and O–H groups in total. The SMILES string of the molecule is CCCCCCCCCCCC(=O)N[C@@H](C)C(=O)N[C@@H](C)C(=O)N1CCC[C@H]1C(=O)N[C@@H](CC(C)C)C(=O)O. The Kier molecular flexibility index (Phi) is 16.4. The van der Waals surface area contributed by atoms with Gasteiger partial charge in [-0.05, 0) is 45.4 Å². The molecule has 1 saturated heterocycles. The average Bonchev–Trinajstić information content (AvgIpc) is 3.36. The van der Waals surface area contributed by atoms with Crippen molar-refractivity contribution < 1.29 is 29.1 Å². The van der Waals surface area contributed by atoms with Crippen molar-refractivity contribution in [3.63, 3.8) is 0 Å². The third kappa shape index (κ3) is 13.3. The zero-order chi connectivity index (χ0) is 29.4. The van der Waals surface area contributed by atoms with E-state index in [1.54, 1.807) is 13.8 Å². The van der Waals surface area contributed by atoms with Crippen LogP contribution in [0.5, 0.6) is 0 Å². The number of rotatable bonds is 19. The van der Waals surface area contributed by atoms with Gasteiger partial charge < -0.3 is 26.0 Å². The van der Waals surface area contributed by atoms with Crippen LogP contribution in [0.4, 0.5) is 0 Å². The summed E-state index contributed by atoms with van der Waals surface area (Å²) in [7, 11) is 0. The maximum atomic E-state index is 13.1. The van der Waals surface area contributed by atoms with Crippen LogP contribution in [0.15, 0.2) is 0 Å². The number of carboxylic acid groups (broad SMARTS) is 1. The van der Waals surface area contributed by atoms with Gasteiger partial charge >= 0.3 is 5.97 Å². The molecule has 4 amide bonds. The average molecular weight is 553 g/mol. The zero-order valence-corrected chi connectivity index (χ0v) is 24.7. The van der Waals surface area contributed by atoms with Crippen molar-refractivity contribution in [3.8, 4) is 0 Å². The summed E-state index contributed by atoms with van der Waals surface area (Å²) in [6, 6.07) is -3.49. The fraction of sp³-hybridized carbons (Fsp3) is 0.828. The first-order valence-electron chi connectivity index (χ1n) is 14.9. The highest BCUT2D eigenvalue weighted by Gasteiger charge is 2.38. The van der Waals surface area contributed by atoms with Crippen LogP contribution in [0.1, 0.15) is 118 Å². The second-order valence-corrected chi connectivity index (χ2v) is 11.3. The maximum absolute atomic E-state index is 13.1. The van der Waals surface area contributed by atoms with Crippen molar-refractivity contribution in [1.82, 2.24) is 20.9 Å². The van der Waals surface area contributed by atoms with Crippen LogP contribution in [0.25, 0.3) is 0 Å². The Morgan fingerprint density at radius 1 is 0.821 bits per heavy atom. The van der Waals surface area contributed by atoms with Gasteiger partial charge in [-0.25, -0.2) is 4.79 Å². The third-order valence-electron chi connectivity index (χ3n) is 7.17. The maximum Gasteiger partial charge on any atom is 0.326 e. The molecule has 1 rings (SSSR count). The van der Waals surface area contributed by atoms with Gasteiger partial charge in [0.05, 0.1) is 0 Å². The Labute approximate surface area is 234 Å². The number of unbranched alkanes of at least 4 members (excludes halogenated alkanes) is 8. The molecule has 224 valence electrons. The second kappa shape index (κ2) is 18.6. The Bertz CT molecular complexity index is 803. The molecule has 4 atom stereocenters. The molecule has 0 aromatic carbocycles. The molecule has 0 bridgehead atoms. The van der Waals surface area contributed by atoms with Crippen molar-refractivity contribution >= 4 is 29.6 Å². The summed E-state index contributed by atoms with van der Waals surface area (Å²) in [6.07, 6.45) is 12.1. The summed E-state index contributed by atoms with van der Waals surface area (Å²) in [6.45, 7) is 9.43. The monoisotopic (exact) mass is 552 g/mol. The van der Waals surface area contributed by atoms with Crippen molar-refractivity contribution in [2.75, 3.05) is 6.54 Å². The smallest absolute Gasteiger partial charge is 0.326 e. The minimum Gasteiger partial charge on any atom is -0.480 e. The first-order valence-corrected chi connectivity index (χ1v) is 14.9. The lowest BCUT2D eigenvalue weighted by molar-refractivity contribution is -0.145. The Hall–Kier alpha value is -2.65. The quantitative estimate of drug-likeness (QED) is 0.180. The number of nitrogens with zero attached hydrogens (tertiary/aromatic N) is 1. The van der Waals surface area contributed by atoms with Crippen LogP contribution in [0.3, 0.4) is 0 Å². The lowest BCUT2D eigenvalue weighted by Gasteiger charge is -2.28. The molecule has 10 heteroatoms. The normalized spacial score (nSPS) is 17.4. The number of likely N-dealkylation sites (tertiary alicyclic amines) is 1. The molecule has 0 radical (unpaired) electrons. The predicted molar refractivity (Wildman–Crippen MR) is 151 cm³/mol. The highest BCUT2D eigenvalue weighted by atomic mass is 16.4. The van der Waals surface area contributed by atoms with Gasteiger partial charge in [-0.15, -0.1) is 0 Å². The van der Waals surface area contributed by atoms with Crippen LogP contribution < -0.4 is 16.0 Å². The van der Waals surface area contributed by atoms with Crippen molar-refractivity contribution in [1.29, 1.82) is 0 Å². The molecule has 1 aliphatic rings. The highest BCUT2D eigenvalue weighted by molar-refractivity contribution is 5.95. The molecule has 0 saturated carbocycles. The highest BCUT2D eigenvalue weighted by Crippen LogP contribution is 2.19.